The van der Waals surface area contributed by atoms with Crippen LogP contribution in [-0.4, -0.2) is 41.2 Å². The smallest absolute Gasteiger partial charge is 0.321 e. The fourth-order valence-electron chi connectivity index (χ4n) is 2.47. The molecule has 0 saturated carbocycles. The zero-order valence-electron chi connectivity index (χ0n) is 13.5. The zero-order valence-corrected chi connectivity index (χ0v) is 13.5. The zero-order chi connectivity index (χ0) is 16.8. The van der Waals surface area contributed by atoms with Gasteiger partial charge in [0.05, 0.1) is 13.7 Å². The largest absolute Gasteiger partial charge is 0.467 e. The van der Waals surface area contributed by atoms with Crippen molar-refractivity contribution >= 4 is 17.7 Å². The average molecular weight is 328 g/mol. The molecular formula is C16H20N6O2. The van der Waals surface area contributed by atoms with Gasteiger partial charge in [-0.3, -0.25) is 0 Å². The predicted octanol–water partition coefficient (Wildman–Crippen LogP) is 1.80. The van der Waals surface area contributed by atoms with Gasteiger partial charge in [0.2, 0.25) is 5.95 Å². The van der Waals surface area contributed by atoms with Gasteiger partial charge in [0, 0.05) is 18.8 Å². The van der Waals surface area contributed by atoms with Crippen molar-refractivity contribution < 1.29 is 9.53 Å². The molecule has 2 amide bonds. The molecule has 126 valence electrons. The van der Waals surface area contributed by atoms with E-state index in [1.165, 1.54) is 7.11 Å². The standard InChI is InChI=1S/C16H20N6O2/c1-24-16-20-13(19-14(21-16)22-9-5-6-10-22)11-17-15(23)18-12-7-3-2-4-8-12/h2-4,7-8H,5-6,9-11H2,1H3,(H2,17,18,23). The molecule has 0 spiro atoms. The first-order valence-electron chi connectivity index (χ1n) is 7.88. The number of nitrogens with one attached hydrogen (secondary N) is 2. The van der Waals surface area contributed by atoms with E-state index < -0.39 is 0 Å². The quantitative estimate of drug-likeness (QED) is 0.869. The summed E-state index contributed by atoms with van der Waals surface area (Å²) in [4.78, 5) is 26.9. The van der Waals surface area contributed by atoms with E-state index in [2.05, 4.69) is 30.5 Å². The molecule has 8 nitrogen and oxygen atoms in total. The van der Waals surface area contributed by atoms with E-state index in [-0.39, 0.29) is 18.6 Å². The molecule has 8 heteroatoms. The molecular weight excluding hydrogens is 308 g/mol. The molecule has 0 atom stereocenters. The monoisotopic (exact) mass is 328 g/mol. The number of aromatic nitrogens is 3. The van der Waals surface area contributed by atoms with Gasteiger partial charge in [-0.1, -0.05) is 18.2 Å². The van der Waals surface area contributed by atoms with Crippen molar-refractivity contribution in [2.45, 2.75) is 19.4 Å². The highest BCUT2D eigenvalue weighted by molar-refractivity contribution is 5.89. The van der Waals surface area contributed by atoms with Gasteiger partial charge in [-0.15, -0.1) is 0 Å². The summed E-state index contributed by atoms with van der Waals surface area (Å²) in [5, 5.41) is 5.49. The van der Waals surface area contributed by atoms with Crippen LogP contribution in [0.5, 0.6) is 6.01 Å². The van der Waals surface area contributed by atoms with Crippen LogP contribution in [0.3, 0.4) is 0 Å². The summed E-state index contributed by atoms with van der Waals surface area (Å²) in [7, 11) is 1.52. The van der Waals surface area contributed by atoms with E-state index in [4.69, 9.17) is 4.74 Å². The van der Waals surface area contributed by atoms with Crippen LogP contribution in [0, 0.1) is 0 Å². The van der Waals surface area contributed by atoms with E-state index in [0.29, 0.717) is 11.8 Å². The molecule has 0 bridgehead atoms. The maximum atomic E-state index is 11.9. The average Bonchev–Trinajstić information content (AvgIpc) is 3.15. The molecule has 2 heterocycles. The molecule has 2 N–H and O–H groups in total. The molecule has 1 aromatic carbocycles. The number of urea groups is 1. The van der Waals surface area contributed by atoms with E-state index in [9.17, 15) is 4.79 Å². The van der Waals surface area contributed by atoms with Crippen molar-refractivity contribution in [2.75, 3.05) is 30.4 Å². The summed E-state index contributed by atoms with van der Waals surface area (Å²) in [5.41, 5.74) is 0.723. The molecule has 24 heavy (non-hydrogen) atoms. The maximum absolute atomic E-state index is 11.9. The minimum Gasteiger partial charge on any atom is -0.467 e. The lowest BCUT2D eigenvalue weighted by Gasteiger charge is -2.16. The first kappa shape index (κ1) is 16.0. The number of ether oxygens (including phenoxy) is 1. The van der Waals surface area contributed by atoms with Gasteiger partial charge in [-0.05, 0) is 25.0 Å². The highest BCUT2D eigenvalue weighted by Gasteiger charge is 2.17. The van der Waals surface area contributed by atoms with Crippen LogP contribution in [-0.2, 0) is 6.54 Å². The molecule has 1 saturated heterocycles. The van der Waals surface area contributed by atoms with E-state index in [1.807, 2.05) is 30.3 Å². The lowest BCUT2D eigenvalue weighted by atomic mass is 10.3. The van der Waals surface area contributed by atoms with Gasteiger partial charge in [0.15, 0.2) is 5.82 Å². The fourth-order valence-corrected chi connectivity index (χ4v) is 2.47. The third-order valence-corrected chi connectivity index (χ3v) is 3.66. The van der Waals surface area contributed by atoms with E-state index in [0.717, 1.165) is 31.6 Å². The Kier molecular flexibility index (Phi) is 5.05. The molecule has 1 aromatic heterocycles. The Bertz CT molecular complexity index is 688. The van der Waals surface area contributed by atoms with Crippen LogP contribution in [0.2, 0.25) is 0 Å². The summed E-state index contributed by atoms with van der Waals surface area (Å²) < 4.78 is 5.14. The topological polar surface area (TPSA) is 92.3 Å². The Morgan fingerprint density at radius 3 is 2.62 bits per heavy atom. The van der Waals surface area contributed by atoms with Crippen molar-refractivity contribution in [3.8, 4) is 6.01 Å². The lowest BCUT2D eigenvalue weighted by molar-refractivity contribution is 0.251. The lowest BCUT2D eigenvalue weighted by Crippen LogP contribution is -2.29. The van der Waals surface area contributed by atoms with Gasteiger partial charge >= 0.3 is 12.0 Å². The van der Waals surface area contributed by atoms with Crippen molar-refractivity contribution in [1.29, 1.82) is 0 Å². The van der Waals surface area contributed by atoms with Crippen LogP contribution >= 0.6 is 0 Å². The number of methoxy groups -OCH3 is 1. The fraction of sp³-hybridized carbons (Fsp3) is 0.375. The van der Waals surface area contributed by atoms with Gasteiger partial charge < -0.3 is 20.3 Å². The number of nitrogens with zero attached hydrogens (tertiary/aromatic N) is 4. The highest BCUT2D eigenvalue weighted by atomic mass is 16.5. The van der Waals surface area contributed by atoms with Gasteiger partial charge in [-0.2, -0.15) is 15.0 Å². The molecule has 2 aromatic rings. The number of amides is 2. The molecule has 0 unspecified atom stereocenters. The second kappa shape index (κ2) is 7.58. The third kappa shape index (κ3) is 4.09. The Hall–Kier alpha value is -2.90. The van der Waals surface area contributed by atoms with Crippen LogP contribution < -0.4 is 20.3 Å². The first-order chi connectivity index (χ1) is 11.7. The highest BCUT2D eigenvalue weighted by Crippen LogP contribution is 2.17. The van der Waals surface area contributed by atoms with Crippen molar-refractivity contribution in [2.24, 2.45) is 0 Å². The van der Waals surface area contributed by atoms with E-state index in [1.54, 1.807) is 0 Å². The number of carbonyl (C=O) groups excluding carboxylic acids is 1. The minimum atomic E-state index is -0.316. The van der Waals surface area contributed by atoms with Crippen molar-refractivity contribution in [3.63, 3.8) is 0 Å². The van der Waals surface area contributed by atoms with E-state index >= 15 is 0 Å². The van der Waals surface area contributed by atoms with Crippen molar-refractivity contribution in [3.05, 3.63) is 36.2 Å². The number of hydrogen-bond donors (Lipinski definition) is 2. The Morgan fingerprint density at radius 1 is 1.17 bits per heavy atom. The molecule has 3 rings (SSSR count). The normalized spacial score (nSPS) is 13.6. The SMILES string of the molecule is COc1nc(CNC(=O)Nc2ccccc2)nc(N2CCCC2)n1. The van der Waals surface area contributed by atoms with Crippen LogP contribution in [0.25, 0.3) is 0 Å². The van der Waals surface area contributed by atoms with Crippen molar-refractivity contribution in [1.82, 2.24) is 20.3 Å². The number of benzene rings is 1. The summed E-state index contributed by atoms with van der Waals surface area (Å²) in [6.07, 6.45) is 2.25. The first-order valence-corrected chi connectivity index (χ1v) is 7.88. The molecule has 1 aliphatic rings. The maximum Gasteiger partial charge on any atom is 0.321 e. The number of para-hydroxylation sites is 1. The molecule has 0 radical (unpaired) electrons. The number of anilines is 2. The number of rotatable bonds is 5. The Labute approximate surface area is 140 Å². The number of hydrogen-bond acceptors (Lipinski definition) is 6. The van der Waals surface area contributed by atoms with Gasteiger partial charge in [0.25, 0.3) is 0 Å². The summed E-state index contributed by atoms with van der Waals surface area (Å²) in [6, 6.07) is 9.17. The van der Waals surface area contributed by atoms with Gasteiger partial charge in [-0.25, -0.2) is 4.79 Å². The predicted molar refractivity (Wildman–Crippen MR) is 90.1 cm³/mol. The molecule has 1 aliphatic heterocycles. The van der Waals surface area contributed by atoms with Gasteiger partial charge in [0.1, 0.15) is 0 Å². The summed E-state index contributed by atoms with van der Waals surface area (Å²) >= 11 is 0. The van der Waals surface area contributed by atoms with Crippen LogP contribution in [0.1, 0.15) is 18.7 Å². The third-order valence-electron chi connectivity index (χ3n) is 3.66. The molecule has 1 fully saturated rings. The summed E-state index contributed by atoms with van der Waals surface area (Å²) in [6.45, 7) is 2.04. The second-order valence-electron chi connectivity index (χ2n) is 5.41. The van der Waals surface area contributed by atoms with Crippen LogP contribution in [0.15, 0.2) is 30.3 Å². The summed E-state index contributed by atoms with van der Waals surface area (Å²) in [5.74, 6) is 1.06. The molecule has 0 aliphatic carbocycles. The Morgan fingerprint density at radius 2 is 1.92 bits per heavy atom. The van der Waals surface area contributed by atoms with Crippen LogP contribution in [0.4, 0.5) is 16.4 Å². The second-order valence-corrected chi connectivity index (χ2v) is 5.41. The number of carbonyl (C=O) groups is 1. The Balaban J connectivity index is 1.63. The minimum absolute atomic E-state index is 0.193.